The summed E-state index contributed by atoms with van der Waals surface area (Å²) in [4.78, 5) is 17.0. The van der Waals surface area contributed by atoms with Crippen LogP contribution < -0.4 is 9.47 Å². The van der Waals surface area contributed by atoms with Gasteiger partial charge in [0.1, 0.15) is 12.4 Å². The van der Waals surface area contributed by atoms with Crippen LogP contribution in [0.3, 0.4) is 0 Å². The van der Waals surface area contributed by atoms with Gasteiger partial charge in [0.05, 0.1) is 20.4 Å². The first kappa shape index (κ1) is 20.9. The highest BCUT2D eigenvalue weighted by Crippen LogP contribution is 2.32. The molecule has 0 aliphatic heterocycles. The lowest BCUT2D eigenvalue weighted by Crippen LogP contribution is -2.22. The molecule has 0 aliphatic rings. The standard InChI is InChI=1S/C20H26N4O4Si/c1-26-18-9-14-8-16(21-11-15(14)10-19(18)27-2)20(25)17-12-24(23-22-17)13-28-6-7-29(3,4)5/h8-12H,6-7,13H2,1-5H3. The van der Waals surface area contributed by atoms with E-state index in [-0.39, 0.29) is 23.9 Å². The van der Waals surface area contributed by atoms with Gasteiger partial charge in [-0.3, -0.25) is 9.78 Å². The van der Waals surface area contributed by atoms with E-state index < -0.39 is 8.07 Å². The van der Waals surface area contributed by atoms with Crippen molar-refractivity contribution in [3.8, 4) is 11.5 Å². The van der Waals surface area contributed by atoms with Crippen LogP contribution in [0.25, 0.3) is 10.8 Å². The highest BCUT2D eigenvalue weighted by molar-refractivity contribution is 6.76. The summed E-state index contributed by atoms with van der Waals surface area (Å²) in [6.07, 6.45) is 3.21. The number of hydrogen-bond donors (Lipinski definition) is 0. The molecule has 0 amide bonds. The van der Waals surface area contributed by atoms with Crippen molar-refractivity contribution >= 4 is 24.6 Å². The molecule has 29 heavy (non-hydrogen) atoms. The van der Waals surface area contributed by atoms with Crippen LogP contribution in [0.15, 0.2) is 30.6 Å². The Bertz CT molecular complexity index is 1010. The number of carbonyl (C=O) groups excluding carboxylic acids is 1. The minimum atomic E-state index is -1.14. The highest BCUT2D eigenvalue weighted by Gasteiger charge is 2.17. The number of carbonyl (C=O) groups is 1. The third-order valence-corrected chi connectivity index (χ3v) is 6.15. The van der Waals surface area contributed by atoms with Gasteiger partial charge in [-0.25, -0.2) is 4.68 Å². The fraction of sp³-hybridized carbons (Fsp3) is 0.400. The molecule has 8 nitrogen and oxygen atoms in total. The summed E-state index contributed by atoms with van der Waals surface area (Å²) in [6, 6.07) is 6.42. The summed E-state index contributed by atoms with van der Waals surface area (Å²) < 4.78 is 17.8. The van der Waals surface area contributed by atoms with Gasteiger partial charge in [0.15, 0.2) is 17.2 Å². The maximum atomic E-state index is 12.8. The minimum absolute atomic E-state index is 0.228. The van der Waals surface area contributed by atoms with Crippen molar-refractivity contribution in [1.82, 2.24) is 20.0 Å². The van der Waals surface area contributed by atoms with Crippen LogP contribution in [0.4, 0.5) is 0 Å². The van der Waals surface area contributed by atoms with Gasteiger partial charge in [0.2, 0.25) is 5.78 Å². The number of pyridine rings is 1. The average Bonchev–Trinajstić information content (AvgIpc) is 3.17. The SMILES string of the molecule is COc1cc2cnc(C(=O)c3cn(COCC[Si](C)(C)C)nn3)cc2cc1OC. The highest BCUT2D eigenvalue weighted by atomic mass is 28.3. The van der Waals surface area contributed by atoms with Crippen LogP contribution in [-0.4, -0.2) is 54.7 Å². The number of methoxy groups -OCH3 is 2. The van der Waals surface area contributed by atoms with E-state index in [2.05, 4.69) is 34.9 Å². The van der Waals surface area contributed by atoms with Crippen LogP contribution >= 0.6 is 0 Å². The third kappa shape index (κ3) is 5.18. The predicted molar refractivity (Wildman–Crippen MR) is 112 cm³/mol. The van der Waals surface area contributed by atoms with E-state index in [9.17, 15) is 4.79 Å². The van der Waals surface area contributed by atoms with Crippen molar-refractivity contribution in [3.05, 3.63) is 42.0 Å². The molecule has 2 heterocycles. The second kappa shape index (κ2) is 8.71. The van der Waals surface area contributed by atoms with Crippen LogP contribution in [0, 0.1) is 0 Å². The number of ether oxygens (including phenoxy) is 3. The molecule has 3 rings (SSSR count). The minimum Gasteiger partial charge on any atom is -0.493 e. The summed E-state index contributed by atoms with van der Waals surface area (Å²) in [5.41, 5.74) is 0.516. The van der Waals surface area contributed by atoms with Gasteiger partial charge in [-0.2, -0.15) is 0 Å². The molecule has 0 fully saturated rings. The Morgan fingerprint density at radius 1 is 1.03 bits per heavy atom. The zero-order valence-corrected chi connectivity index (χ0v) is 18.4. The maximum absolute atomic E-state index is 12.8. The molecule has 0 aliphatic carbocycles. The Labute approximate surface area is 170 Å². The second-order valence-electron chi connectivity index (χ2n) is 7.94. The molecule has 0 saturated heterocycles. The molecule has 154 valence electrons. The van der Waals surface area contributed by atoms with Gasteiger partial charge >= 0.3 is 0 Å². The molecule has 9 heteroatoms. The maximum Gasteiger partial charge on any atom is 0.233 e. The van der Waals surface area contributed by atoms with Crippen LogP contribution in [0.1, 0.15) is 16.2 Å². The number of hydrogen-bond acceptors (Lipinski definition) is 7. The van der Waals surface area contributed by atoms with Crippen molar-refractivity contribution in [2.75, 3.05) is 20.8 Å². The first-order chi connectivity index (χ1) is 13.8. The van der Waals surface area contributed by atoms with Gasteiger partial charge in [-0.15, -0.1) is 5.10 Å². The monoisotopic (exact) mass is 414 g/mol. The molecule has 3 aromatic rings. The molecule has 0 radical (unpaired) electrons. The normalized spacial score (nSPS) is 11.6. The Morgan fingerprint density at radius 2 is 1.72 bits per heavy atom. The molecule has 2 aromatic heterocycles. The lowest BCUT2D eigenvalue weighted by molar-refractivity contribution is 0.0772. The molecular weight excluding hydrogens is 388 g/mol. The predicted octanol–water partition coefficient (Wildman–Crippen LogP) is 3.39. The average molecular weight is 415 g/mol. The van der Waals surface area contributed by atoms with E-state index in [1.807, 2.05) is 12.1 Å². The Kier molecular flexibility index (Phi) is 6.29. The molecule has 0 saturated carbocycles. The first-order valence-electron chi connectivity index (χ1n) is 9.35. The molecule has 0 spiro atoms. The summed E-state index contributed by atoms with van der Waals surface area (Å²) >= 11 is 0. The van der Waals surface area contributed by atoms with E-state index in [1.54, 1.807) is 32.7 Å². The molecule has 1 aromatic carbocycles. The van der Waals surface area contributed by atoms with Crippen molar-refractivity contribution in [2.45, 2.75) is 32.4 Å². The van der Waals surface area contributed by atoms with Gasteiger partial charge < -0.3 is 14.2 Å². The van der Waals surface area contributed by atoms with Crippen LogP contribution in [0.2, 0.25) is 25.7 Å². The van der Waals surface area contributed by atoms with Crippen molar-refractivity contribution in [1.29, 1.82) is 0 Å². The molecule has 0 N–H and O–H groups in total. The summed E-state index contributed by atoms with van der Waals surface area (Å²) in [7, 11) is 2.01. The van der Waals surface area contributed by atoms with Crippen molar-refractivity contribution in [3.63, 3.8) is 0 Å². The molecule has 0 bridgehead atoms. The fourth-order valence-electron chi connectivity index (χ4n) is 2.73. The largest absolute Gasteiger partial charge is 0.493 e. The van der Waals surface area contributed by atoms with Crippen molar-refractivity contribution < 1.29 is 19.0 Å². The fourth-order valence-corrected chi connectivity index (χ4v) is 3.48. The molecule has 0 atom stereocenters. The topological polar surface area (TPSA) is 88.4 Å². The molecular formula is C20H26N4O4Si. The Balaban J connectivity index is 1.73. The lowest BCUT2D eigenvalue weighted by atomic mass is 10.1. The number of aromatic nitrogens is 4. The van der Waals surface area contributed by atoms with E-state index in [4.69, 9.17) is 14.2 Å². The van der Waals surface area contributed by atoms with E-state index in [0.717, 1.165) is 16.8 Å². The number of ketones is 1. The number of rotatable bonds is 9. The number of nitrogens with zero attached hydrogens (tertiary/aromatic N) is 4. The zero-order valence-electron chi connectivity index (χ0n) is 17.4. The van der Waals surface area contributed by atoms with E-state index in [1.165, 1.54) is 4.68 Å². The van der Waals surface area contributed by atoms with Gasteiger partial charge in [-0.1, -0.05) is 24.9 Å². The zero-order chi connectivity index (χ0) is 21.0. The quantitative estimate of drug-likeness (QED) is 0.301. The Morgan fingerprint density at radius 3 is 2.38 bits per heavy atom. The van der Waals surface area contributed by atoms with Gasteiger partial charge in [0, 0.05) is 26.3 Å². The smallest absolute Gasteiger partial charge is 0.233 e. The summed E-state index contributed by atoms with van der Waals surface area (Å²) in [6.45, 7) is 7.84. The first-order valence-corrected chi connectivity index (χ1v) is 13.1. The van der Waals surface area contributed by atoms with Gasteiger partial charge in [-0.05, 0) is 29.6 Å². The second-order valence-corrected chi connectivity index (χ2v) is 13.6. The van der Waals surface area contributed by atoms with E-state index >= 15 is 0 Å². The van der Waals surface area contributed by atoms with E-state index in [0.29, 0.717) is 18.1 Å². The lowest BCUT2D eigenvalue weighted by Gasteiger charge is -2.15. The Hall–Kier alpha value is -2.78. The number of benzene rings is 1. The molecule has 0 unspecified atom stereocenters. The number of fused-ring (bicyclic) bond motifs is 1. The third-order valence-electron chi connectivity index (χ3n) is 4.45. The van der Waals surface area contributed by atoms with Crippen molar-refractivity contribution in [2.24, 2.45) is 0 Å². The van der Waals surface area contributed by atoms with Crippen LogP contribution in [0.5, 0.6) is 11.5 Å². The van der Waals surface area contributed by atoms with Crippen LogP contribution in [-0.2, 0) is 11.5 Å². The van der Waals surface area contributed by atoms with Gasteiger partial charge in [0.25, 0.3) is 0 Å². The summed E-state index contributed by atoms with van der Waals surface area (Å²) in [5, 5.41) is 9.61. The summed E-state index contributed by atoms with van der Waals surface area (Å²) in [5.74, 6) is 0.902.